The van der Waals surface area contributed by atoms with Crippen molar-refractivity contribution < 1.29 is 4.39 Å². The van der Waals surface area contributed by atoms with Gasteiger partial charge in [-0.1, -0.05) is 25.5 Å². The number of fused-ring (bicyclic) bond motifs is 1. The van der Waals surface area contributed by atoms with Crippen molar-refractivity contribution in [2.24, 2.45) is 0 Å². The van der Waals surface area contributed by atoms with E-state index in [0.29, 0.717) is 5.69 Å². The van der Waals surface area contributed by atoms with Crippen LogP contribution in [0.2, 0.25) is 0 Å². The topological polar surface area (TPSA) is 29.9 Å². The van der Waals surface area contributed by atoms with E-state index in [0.717, 1.165) is 37.3 Å². The Labute approximate surface area is 106 Å². The minimum Gasteiger partial charge on any atom is -0.369 e. The van der Waals surface area contributed by atoms with Gasteiger partial charge in [0.15, 0.2) is 0 Å². The molecule has 0 spiro atoms. The van der Waals surface area contributed by atoms with Crippen molar-refractivity contribution in [1.82, 2.24) is 9.78 Å². The molecule has 0 aliphatic carbocycles. The number of hydrogen-bond donors (Lipinski definition) is 1. The number of para-hydroxylation sites is 1. The van der Waals surface area contributed by atoms with Gasteiger partial charge in [0.2, 0.25) is 0 Å². The van der Waals surface area contributed by atoms with Gasteiger partial charge in [0.05, 0.1) is 5.69 Å². The van der Waals surface area contributed by atoms with Crippen LogP contribution in [0, 0.1) is 5.82 Å². The van der Waals surface area contributed by atoms with Crippen molar-refractivity contribution in [3.8, 4) is 5.69 Å². The lowest BCUT2D eigenvalue weighted by Gasteiger charge is -2.07. The van der Waals surface area contributed by atoms with Crippen LogP contribution in [-0.4, -0.2) is 16.3 Å². The molecule has 2 heterocycles. The highest BCUT2D eigenvalue weighted by molar-refractivity contribution is 5.57. The molecule has 1 aromatic heterocycles. The van der Waals surface area contributed by atoms with Gasteiger partial charge in [0.1, 0.15) is 17.3 Å². The Morgan fingerprint density at radius 3 is 3.00 bits per heavy atom. The molecule has 1 aromatic carbocycles. The van der Waals surface area contributed by atoms with Crippen molar-refractivity contribution in [2.45, 2.75) is 26.2 Å². The predicted octanol–water partition coefficient (Wildman–Crippen LogP) is 2.93. The first-order valence-electron chi connectivity index (χ1n) is 6.40. The summed E-state index contributed by atoms with van der Waals surface area (Å²) < 4.78 is 15.6. The lowest BCUT2D eigenvalue weighted by Crippen LogP contribution is -2.06. The molecule has 0 saturated heterocycles. The zero-order valence-corrected chi connectivity index (χ0v) is 10.4. The largest absolute Gasteiger partial charge is 0.369 e. The van der Waals surface area contributed by atoms with Crippen molar-refractivity contribution in [1.29, 1.82) is 0 Å². The number of nitrogens with zero attached hydrogens (tertiary/aromatic N) is 2. The Kier molecular flexibility index (Phi) is 2.78. The Morgan fingerprint density at radius 1 is 1.39 bits per heavy atom. The minimum atomic E-state index is -0.237. The second kappa shape index (κ2) is 4.44. The fourth-order valence-corrected chi connectivity index (χ4v) is 2.48. The van der Waals surface area contributed by atoms with Gasteiger partial charge >= 0.3 is 0 Å². The summed E-state index contributed by atoms with van der Waals surface area (Å²) in [7, 11) is 0. The lowest BCUT2D eigenvalue weighted by molar-refractivity contribution is 0.610. The standard InChI is InChI=1S/C14H16FN3/c1-2-5-12-10-8-9-16-14(10)18(17-12)13-7-4-3-6-11(13)15/h3-4,6-7,16H,2,5,8-9H2,1H3. The van der Waals surface area contributed by atoms with Gasteiger partial charge in [-0.05, 0) is 25.0 Å². The first-order valence-corrected chi connectivity index (χ1v) is 6.40. The van der Waals surface area contributed by atoms with Crippen LogP contribution in [0.4, 0.5) is 10.2 Å². The van der Waals surface area contributed by atoms with Gasteiger partial charge in [-0.25, -0.2) is 9.07 Å². The van der Waals surface area contributed by atoms with Gasteiger partial charge < -0.3 is 5.32 Å². The maximum absolute atomic E-state index is 13.9. The van der Waals surface area contributed by atoms with Crippen LogP contribution in [0.15, 0.2) is 24.3 Å². The van der Waals surface area contributed by atoms with Crippen LogP contribution in [0.25, 0.3) is 5.69 Å². The van der Waals surface area contributed by atoms with Gasteiger partial charge in [0.25, 0.3) is 0 Å². The molecule has 3 nitrogen and oxygen atoms in total. The van der Waals surface area contributed by atoms with Crippen molar-refractivity contribution >= 4 is 5.82 Å². The highest BCUT2D eigenvalue weighted by atomic mass is 19.1. The molecule has 0 bridgehead atoms. The maximum Gasteiger partial charge on any atom is 0.148 e. The first kappa shape index (κ1) is 11.3. The second-order valence-corrected chi connectivity index (χ2v) is 4.56. The lowest BCUT2D eigenvalue weighted by atomic mass is 10.1. The Morgan fingerprint density at radius 2 is 2.22 bits per heavy atom. The second-order valence-electron chi connectivity index (χ2n) is 4.56. The average molecular weight is 245 g/mol. The molecule has 1 N–H and O–H groups in total. The van der Waals surface area contributed by atoms with E-state index in [1.165, 1.54) is 11.6 Å². The molecule has 0 saturated carbocycles. The fourth-order valence-electron chi connectivity index (χ4n) is 2.48. The number of halogens is 1. The Hall–Kier alpha value is -1.84. The molecule has 3 rings (SSSR count). The van der Waals surface area contributed by atoms with E-state index in [1.807, 2.05) is 6.07 Å². The molecule has 0 radical (unpaired) electrons. The summed E-state index contributed by atoms with van der Waals surface area (Å²) in [6, 6.07) is 6.76. The number of nitrogens with one attached hydrogen (secondary N) is 1. The minimum absolute atomic E-state index is 0.237. The Balaban J connectivity index is 2.13. The van der Waals surface area contributed by atoms with E-state index in [9.17, 15) is 4.39 Å². The molecule has 0 fully saturated rings. The first-order chi connectivity index (χ1) is 8.81. The predicted molar refractivity (Wildman–Crippen MR) is 69.7 cm³/mol. The number of rotatable bonds is 3. The highest BCUT2D eigenvalue weighted by Gasteiger charge is 2.23. The van der Waals surface area contributed by atoms with Gasteiger partial charge in [-0.15, -0.1) is 0 Å². The zero-order chi connectivity index (χ0) is 12.5. The SMILES string of the molecule is CCCc1nn(-c2ccccc2F)c2c1CCN2. The van der Waals surface area contributed by atoms with E-state index < -0.39 is 0 Å². The quantitative estimate of drug-likeness (QED) is 0.901. The molecular weight excluding hydrogens is 229 g/mol. The summed E-state index contributed by atoms with van der Waals surface area (Å²) in [5, 5.41) is 7.87. The van der Waals surface area contributed by atoms with Crippen molar-refractivity contribution in [3.05, 3.63) is 41.3 Å². The number of aryl methyl sites for hydroxylation is 1. The zero-order valence-electron chi connectivity index (χ0n) is 10.4. The van der Waals surface area contributed by atoms with Crippen molar-refractivity contribution in [2.75, 3.05) is 11.9 Å². The molecule has 4 heteroatoms. The third kappa shape index (κ3) is 1.68. The summed E-state index contributed by atoms with van der Waals surface area (Å²) in [6.07, 6.45) is 2.99. The summed E-state index contributed by atoms with van der Waals surface area (Å²) >= 11 is 0. The summed E-state index contributed by atoms with van der Waals surface area (Å²) in [4.78, 5) is 0. The van der Waals surface area contributed by atoms with Gasteiger partial charge in [0, 0.05) is 12.1 Å². The van der Waals surface area contributed by atoms with Crippen LogP contribution in [0.5, 0.6) is 0 Å². The molecule has 18 heavy (non-hydrogen) atoms. The summed E-state index contributed by atoms with van der Waals surface area (Å²) in [6.45, 7) is 3.05. The average Bonchev–Trinajstić information content (AvgIpc) is 2.94. The van der Waals surface area contributed by atoms with Gasteiger partial charge in [-0.2, -0.15) is 5.10 Å². The molecule has 0 atom stereocenters. The van der Waals surface area contributed by atoms with Crippen LogP contribution in [0.3, 0.4) is 0 Å². The molecule has 94 valence electrons. The van der Waals surface area contributed by atoms with E-state index in [-0.39, 0.29) is 5.82 Å². The van der Waals surface area contributed by atoms with Crippen LogP contribution in [0.1, 0.15) is 24.6 Å². The number of anilines is 1. The van der Waals surface area contributed by atoms with E-state index in [2.05, 4.69) is 17.3 Å². The Bertz CT molecular complexity index is 574. The fraction of sp³-hybridized carbons (Fsp3) is 0.357. The monoisotopic (exact) mass is 245 g/mol. The molecule has 2 aromatic rings. The number of hydrogen-bond acceptors (Lipinski definition) is 2. The smallest absolute Gasteiger partial charge is 0.148 e. The summed E-state index contributed by atoms with van der Waals surface area (Å²) in [5.41, 5.74) is 2.87. The van der Waals surface area contributed by atoms with E-state index >= 15 is 0 Å². The molecule has 1 aliphatic rings. The normalized spacial score (nSPS) is 13.4. The van der Waals surface area contributed by atoms with E-state index in [4.69, 9.17) is 0 Å². The van der Waals surface area contributed by atoms with Gasteiger partial charge in [-0.3, -0.25) is 0 Å². The summed E-state index contributed by atoms with van der Waals surface area (Å²) in [5.74, 6) is 0.725. The van der Waals surface area contributed by atoms with Crippen molar-refractivity contribution in [3.63, 3.8) is 0 Å². The van der Waals surface area contributed by atoms with Crippen LogP contribution < -0.4 is 5.32 Å². The third-order valence-electron chi connectivity index (χ3n) is 3.30. The molecule has 1 aliphatic heterocycles. The maximum atomic E-state index is 13.9. The number of aromatic nitrogens is 2. The third-order valence-corrected chi connectivity index (χ3v) is 3.30. The van der Waals surface area contributed by atoms with E-state index in [1.54, 1.807) is 16.8 Å². The molecule has 0 unspecified atom stereocenters. The highest BCUT2D eigenvalue weighted by Crippen LogP contribution is 2.29. The van der Waals surface area contributed by atoms with Crippen LogP contribution in [-0.2, 0) is 12.8 Å². The number of benzene rings is 1. The molecule has 0 amide bonds. The van der Waals surface area contributed by atoms with Crippen LogP contribution >= 0.6 is 0 Å². The molecular formula is C14H16FN3.